The third kappa shape index (κ3) is 1.70. The molecule has 0 radical (unpaired) electrons. The van der Waals surface area contributed by atoms with Gasteiger partial charge in [-0.3, -0.25) is 4.79 Å². The molecule has 4 aliphatic carbocycles. The number of rotatable bonds is 0. The van der Waals surface area contributed by atoms with Crippen molar-refractivity contribution >= 4 is 5.78 Å². The largest absolute Gasteiger partial charge is 0.390 e. The molecule has 1 spiro atoms. The van der Waals surface area contributed by atoms with Crippen molar-refractivity contribution in [2.45, 2.75) is 70.1 Å². The lowest BCUT2D eigenvalue weighted by Crippen LogP contribution is -2.58. The van der Waals surface area contributed by atoms with Gasteiger partial charge in [-0.1, -0.05) is 13.8 Å². The predicted molar refractivity (Wildman–Crippen MR) is 92.2 cm³/mol. The first-order valence-electron chi connectivity index (χ1n) is 10.3. The van der Waals surface area contributed by atoms with Gasteiger partial charge in [0, 0.05) is 17.8 Å². The molecule has 0 aromatic carbocycles. The van der Waals surface area contributed by atoms with E-state index in [4.69, 9.17) is 14.2 Å². The van der Waals surface area contributed by atoms with Gasteiger partial charge in [0.1, 0.15) is 12.2 Å². The van der Waals surface area contributed by atoms with E-state index in [1.807, 2.05) is 6.08 Å². The normalized spacial score (nSPS) is 56.4. The van der Waals surface area contributed by atoms with Crippen LogP contribution in [0.1, 0.15) is 46.0 Å². The molecule has 1 N–H and O–H groups in total. The lowest BCUT2D eigenvalue weighted by molar-refractivity contribution is -0.240. The molecular formula is C21H28O5. The summed E-state index contributed by atoms with van der Waals surface area (Å²) in [4.78, 5) is 13.3. The molecule has 2 saturated heterocycles. The molecular weight excluding hydrogens is 332 g/mol. The molecule has 0 amide bonds. The van der Waals surface area contributed by atoms with Crippen LogP contribution >= 0.6 is 0 Å². The van der Waals surface area contributed by atoms with Gasteiger partial charge in [-0.25, -0.2) is 0 Å². The monoisotopic (exact) mass is 360 g/mol. The molecule has 2 heterocycles. The van der Waals surface area contributed by atoms with Crippen LogP contribution in [0.25, 0.3) is 0 Å². The van der Waals surface area contributed by atoms with E-state index in [1.165, 1.54) is 0 Å². The van der Waals surface area contributed by atoms with E-state index in [0.717, 1.165) is 37.7 Å². The zero-order valence-electron chi connectivity index (χ0n) is 15.6. The van der Waals surface area contributed by atoms with Crippen LogP contribution < -0.4 is 0 Å². The fourth-order valence-electron chi connectivity index (χ4n) is 7.66. The summed E-state index contributed by atoms with van der Waals surface area (Å²) in [5.41, 5.74) is 0.946. The van der Waals surface area contributed by atoms with E-state index in [9.17, 15) is 9.90 Å². The van der Waals surface area contributed by atoms with Crippen LogP contribution in [-0.2, 0) is 19.0 Å². The predicted octanol–water partition coefficient (Wildman–Crippen LogP) is 2.22. The fourth-order valence-corrected chi connectivity index (χ4v) is 7.66. The average molecular weight is 360 g/mol. The van der Waals surface area contributed by atoms with Crippen molar-refractivity contribution in [1.82, 2.24) is 0 Å². The topological polar surface area (TPSA) is 68.3 Å². The number of ether oxygens (including phenoxy) is 3. The molecule has 2 aliphatic heterocycles. The summed E-state index contributed by atoms with van der Waals surface area (Å²) in [6.45, 7) is 5.88. The Bertz CT molecular complexity index is 709. The number of hydrogen-bond acceptors (Lipinski definition) is 5. The number of fused-ring (bicyclic) bond motifs is 8. The Balaban J connectivity index is 1.42. The minimum Gasteiger partial charge on any atom is -0.390 e. The van der Waals surface area contributed by atoms with E-state index in [1.54, 1.807) is 0 Å². The number of carbonyl (C=O) groups excluding carboxylic acids is 1. The summed E-state index contributed by atoms with van der Waals surface area (Å²) in [6.07, 6.45) is 6.01. The van der Waals surface area contributed by atoms with E-state index in [0.29, 0.717) is 25.0 Å². The van der Waals surface area contributed by atoms with Gasteiger partial charge in [-0.2, -0.15) is 0 Å². The molecule has 0 bridgehead atoms. The van der Waals surface area contributed by atoms with E-state index >= 15 is 0 Å². The number of epoxide rings is 1. The maximum Gasteiger partial charge on any atom is 0.174 e. The van der Waals surface area contributed by atoms with Crippen LogP contribution in [0.2, 0.25) is 0 Å². The average Bonchev–Trinajstić information content (AvgIpc) is 3.17. The highest BCUT2D eigenvalue weighted by atomic mass is 16.7. The number of hydrogen-bond donors (Lipinski definition) is 1. The molecule has 5 nitrogen and oxygen atoms in total. The highest BCUT2D eigenvalue weighted by molar-refractivity contribution is 5.95. The molecule has 142 valence electrons. The van der Waals surface area contributed by atoms with Crippen LogP contribution in [0.15, 0.2) is 11.6 Å². The van der Waals surface area contributed by atoms with Gasteiger partial charge in [-0.05, 0) is 54.6 Å². The van der Waals surface area contributed by atoms with Gasteiger partial charge in [-0.15, -0.1) is 0 Å². The zero-order chi connectivity index (χ0) is 17.9. The van der Waals surface area contributed by atoms with Crippen LogP contribution in [0.3, 0.4) is 0 Å². The van der Waals surface area contributed by atoms with Crippen molar-refractivity contribution in [1.29, 1.82) is 0 Å². The van der Waals surface area contributed by atoms with Crippen LogP contribution in [0.4, 0.5) is 0 Å². The first-order valence-corrected chi connectivity index (χ1v) is 10.3. The third-order valence-electron chi connectivity index (χ3n) is 9.02. The van der Waals surface area contributed by atoms with Gasteiger partial charge in [0.2, 0.25) is 0 Å². The van der Waals surface area contributed by atoms with Gasteiger partial charge in [0.15, 0.2) is 11.6 Å². The summed E-state index contributed by atoms with van der Waals surface area (Å²) >= 11 is 0. The molecule has 0 aromatic rings. The molecule has 26 heavy (non-hydrogen) atoms. The Morgan fingerprint density at radius 2 is 1.85 bits per heavy atom. The first kappa shape index (κ1) is 16.2. The fraction of sp³-hybridized carbons (Fsp3) is 0.857. The Labute approximate surface area is 154 Å². The second-order valence-corrected chi connectivity index (χ2v) is 9.90. The lowest BCUT2D eigenvalue weighted by Gasteiger charge is -2.57. The van der Waals surface area contributed by atoms with Crippen LogP contribution in [0, 0.1) is 28.6 Å². The van der Waals surface area contributed by atoms with Gasteiger partial charge in [0.05, 0.1) is 19.3 Å². The Morgan fingerprint density at radius 3 is 2.62 bits per heavy atom. The highest BCUT2D eigenvalue weighted by Gasteiger charge is 2.70. The van der Waals surface area contributed by atoms with Crippen molar-refractivity contribution in [2.75, 3.05) is 13.2 Å². The SMILES string of the molecule is C[C@]12C[C@@H](O)[C@H]3O[C@H]3C1=CC(=O)[C@@H]1[C@@H]2CC[C@@]2(C)[C@H]1CCC21OCCO1. The molecule has 5 fully saturated rings. The summed E-state index contributed by atoms with van der Waals surface area (Å²) in [7, 11) is 0. The first-order chi connectivity index (χ1) is 12.4. The number of carbonyl (C=O) groups is 1. The van der Waals surface area contributed by atoms with Crippen molar-refractivity contribution in [3.63, 3.8) is 0 Å². The summed E-state index contributed by atoms with van der Waals surface area (Å²) < 4.78 is 18.0. The van der Waals surface area contributed by atoms with Crippen molar-refractivity contribution in [2.24, 2.45) is 28.6 Å². The number of aliphatic hydroxyl groups excluding tert-OH is 1. The Hall–Kier alpha value is -0.750. The van der Waals surface area contributed by atoms with Gasteiger partial charge >= 0.3 is 0 Å². The Kier molecular flexibility index (Phi) is 3.00. The molecule has 0 unspecified atom stereocenters. The molecule has 0 aromatic heterocycles. The molecule has 5 heteroatoms. The maximum atomic E-state index is 13.3. The molecule has 6 rings (SSSR count). The van der Waals surface area contributed by atoms with Crippen molar-refractivity contribution in [3.8, 4) is 0 Å². The van der Waals surface area contributed by atoms with Crippen molar-refractivity contribution < 1.29 is 24.1 Å². The lowest BCUT2D eigenvalue weighted by atomic mass is 9.47. The zero-order valence-corrected chi connectivity index (χ0v) is 15.6. The molecule has 6 aliphatic rings. The Morgan fingerprint density at radius 1 is 1.12 bits per heavy atom. The smallest absolute Gasteiger partial charge is 0.174 e. The third-order valence-corrected chi connectivity index (χ3v) is 9.02. The minimum atomic E-state index is -0.482. The van der Waals surface area contributed by atoms with E-state index in [2.05, 4.69) is 13.8 Å². The van der Waals surface area contributed by atoms with E-state index in [-0.39, 0.29) is 34.7 Å². The number of allylic oxidation sites excluding steroid dienone is 1. The van der Waals surface area contributed by atoms with Crippen molar-refractivity contribution in [3.05, 3.63) is 11.6 Å². The minimum absolute atomic E-state index is 0.0252. The quantitative estimate of drug-likeness (QED) is 0.671. The standard InChI is InChI=1S/C21H28O5/c1-19-10-15(23)18-17(26-18)13(19)9-14(22)16-11(19)3-5-20(2)12(16)4-6-21(20)24-7-8-25-21/h9,11-12,15-18,23H,3-8,10H2,1-2H3/t11-,12-,15+,16+,17-,18+,19+,20-/m0/s1. The summed E-state index contributed by atoms with van der Waals surface area (Å²) in [6, 6.07) is 0. The van der Waals surface area contributed by atoms with E-state index < -0.39 is 11.9 Å². The second kappa shape index (κ2) is 4.80. The summed E-state index contributed by atoms with van der Waals surface area (Å²) in [5, 5.41) is 10.5. The van der Waals surface area contributed by atoms with Gasteiger partial charge in [0.25, 0.3) is 0 Å². The van der Waals surface area contributed by atoms with Gasteiger partial charge < -0.3 is 19.3 Å². The number of ketones is 1. The van der Waals surface area contributed by atoms with Crippen LogP contribution in [-0.4, -0.2) is 48.2 Å². The maximum absolute atomic E-state index is 13.3. The van der Waals surface area contributed by atoms with Crippen LogP contribution in [0.5, 0.6) is 0 Å². The summed E-state index contributed by atoms with van der Waals surface area (Å²) in [5.74, 6) is 0.419. The highest BCUT2D eigenvalue weighted by Crippen LogP contribution is 2.69. The molecule has 8 atom stereocenters. The number of aliphatic hydroxyl groups is 1. The molecule has 3 saturated carbocycles. The second-order valence-electron chi connectivity index (χ2n) is 9.90.